The van der Waals surface area contributed by atoms with Crippen LogP contribution in [0.5, 0.6) is 0 Å². The van der Waals surface area contributed by atoms with Crippen LogP contribution in [-0.4, -0.2) is 6.54 Å². The Kier molecular flexibility index (Phi) is 11.4. The first-order valence-electron chi connectivity index (χ1n) is 14.6. The van der Waals surface area contributed by atoms with Crippen molar-refractivity contribution < 1.29 is 0 Å². The molecule has 0 aromatic heterocycles. The smallest absolute Gasteiger partial charge is 0.0172 e. The molecule has 0 radical (unpaired) electrons. The molecule has 3 heteroatoms. The van der Waals surface area contributed by atoms with Gasteiger partial charge in [0.1, 0.15) is 0 Å². The highest BCUT2D eigenvalue weighted by atomic mass is 14.9. The fraction of sp³-hybridized carbons (Fsp3) is 0.933. The molecule has 4 fully saturated rings. The monoisotopic (exact) mass is 459 g/mol. The largest absolute Gasteiger partial charge is 0.389 e. The Morgan fingerprint density at radius 1 is 1.00 bits per heavy atom. The van der Waals surface area contributed by atoms with E-state index in [-0.39, 0.29) is 0 Å². The van der Waals surface area contributed by atoms with Gasteiger partial charge in [-0.05, 0) is 111 Å². The van der Waals surface area contributed by atoms with Gasteiger partial charge in [-0.2, -0.15) is 0 Å². The van der Waals surface area contributed by atoms with E-state index >= 15 is 0 Å². The van der Waals surface area contributed by atoms with Gasteiger partial charge in [-0.15, -0.1) is 0 Å². The quantitative estimate of drug-likeness (QED) is 0.340. The number of allylic oxidation sites excluding steroid dienone is 1. The molecule has 0 amide bonds. The zero-order valence-corrected chi connectivity index (χ0v) is 23.0. The number of nitrogens with one attached hydrogen (secondary N) is 3. The van der Waals surface area contributed by atoms with Crippen molar-refractivity contribution in [2.45, 2.75) is 119 Å². The second-order valence-electron chi connectivity index (χ2n) is 12.1. The van der Waals surface area contributed by atoms with Crippen LogP contribution in [0.2, 0.25) is 0 Å². The molecule has 3 nitrogen and oxygen atoms in total. The Morgan fingerprint density at radius 2 is 1.70 bits per heavy atom. The molecular formula is C30H57N3. The third kappa shape index (κ3) is 6.23. The first kappa shape index (κ1) is 28.4. The molecule has 4 aliphatic carbocycles. The van der Waals surface area contributed by atoms with E-state index in [1.54, 1.807) is 38.5 Å². The van der Waals surface area contributed by atoms with Gasteiger partial charge in [0.25, 0.3) is 0 Å². The van der Waals surface area contributed by atoms with Gasteiger partial charge in [0.05, 0.1) is 0 Å². The van der Waals surface area contributed by atoms with Crippen LogP contribution >= 0.6 is 0 Å². The van der Waals surface area contributed by atoms with Crippen LogP contribution in [0.4, 0.5) is 0 Å². The van der Waals surface area contributed by atoms with E-state index in [0.717, 1.165) is 59.6 Å². The Labute approximate surface area is 206 Å². The summed E-state index contributed by atoms with van der Waals surface area (Å²) >= 11 is 0. The molecule has 4 saturated carbocycles. The lowest BCUT2D eigenvalue weighted by Gasteiger charge is -2.61. The van der Waals surface area contributed by atoms with Crippen molar-refractivity contribution in [1.82, 2.24) is 5.32 Å². The molecule has 0 aromatic carbocycles. The maximum absolute atomic E-state index is 5.00. The molecule has 4 rings (SSSR count). The van der Waals surface area contributed by atoms with Crippen LogP contribution in [-0.2, 0) is 0 Å². The van der Waals surface area contributed by atoms with E-state index < -0.39 is 0 Å². The van der Waals surface area contributed by atoms with Crippen LogP contribution in [0.1, 0.15) is 119 Å². The number of fused-ring (bicyclic) bond motifs is 5. The van der Waals surface area contributed by atoms with Gasteiger partial charge in [-0.3, -0.25) is 0 Å². The van der Waals surface area contributed by atoms with E-state index in [2.05, 4.69) is 39.6 Å². The molecule has 4 aliphatic rings. The molecular weight excluding hydrogens is 402 g/mol. The SMILES string of the molecule is C=C(C)NCC(C)C1CCCC2C3CCC4CC(CCC)CCC4C3CCC12C.CC.N=N. The molecule has 0 bridgehead atoms. The summed E-state index contributed by atoms with van der Waals surface area (Å²) in [4.78, 5) is 0. The summed E-state index contributed by atoms with van der Waals surface area (Å²) in [6.07, 6.45) is 18.3. The lowest BCUT2D eigenvalue weighted by Crippen LogP contribution is -2.54. The van der Waals surface area contributed by atoms with Crippen molar-refractivity contribution in [1.29, 1.82) is 11.1 Å². The summed E-state index contributed by atoms with van der Waals surface area (Å²) in [5.41, 5.74) is 11.7. The molecule has 0 aliphatic heterocycles. The summed E-state index contributed by atoms with van der Waals surface area (Å²) in [6.45, 7) is 18.9. The molecule has 9 unspecified atom stereocenters. The second kappa shape index (κ2) is 13.3. The van der Waals surface area contributed by atoms with Gasteiger partial charge in [0.15, 0.2) is 0 Å². The van der Waals surface area contributed by atoms with Crippen molar-refractivity contribution in [2.24, 2.45) is 52.8 Å². The standard InChI is InChI=1S/C28H49N.C2H6.H2N2/c1-6-8-21-11-13-23-22(17-21)12-14-25-24(23)15-16-28(5)26(9-7-10-27(25)28)20(4)18-29-19(2)3;2*1-2/h20-27,29H,2,6-18H2,1,3-5H3;1-2H3;1-2H. The summed E-state index contributed by atoms with van der Waals surface area (Å²) in [5, 5.41) is 3.57. The minimum atomic E-state index is 0.599. The first-order valence-corrected chi connectivity index (χ1v) is 14.6. The predicted molar refractivity (Wildman–Crippen MR) is 142 cm³/mol. The van der Waals surface area contributed by atoms with E-state index in [0.29, 0.717) is 5.41 Å². The van der Waals surface area contributed by atoms with Crippen LogP contribution < -0.4 is 5.32 Å². The molecule has 0 aromatic rings. The molecule has 33 heavy (non-hydrogen) atoms. The fourth-order valence-corrected chi connectivity index (χ4v) is 9.27. The van der Waals surface area contributed by atoms with Gasteiger partial charge in [-0.1, -0.05) is 66.9 Å². The van der Waals surface area contributed by atoms with Crippen molar-refractivity contribution in [3.63, 3.8) is 0 Å². The highest BCUT2D eigenvalue weighted by Gasteiger charge is 2.55. The maximum Gasteiger partial charge on any atom is 0.0172 e. The Morgan fingerprint density at radius 3 is 2.36 bits per heavy atom. The average molecular weight is 460 g/mol. The minimum absolute atomic E-state index is 0.599. The number of hydrogen-bond acceptors (Lipinski definition) is 3. The normalized spacial score (nSPS) is 40.2. The van der Waals surface area contributed by atoms with E-state index in [1.807, 2.05) is 13.8 Å². The minimum Gasteiger partial charge on any atom is -0.389 e. The molecule has 0 saturated heterocycles. The third-order valence-electron chi connectivity index (χ3n) is 10.5. The van der Waals surface area contributed by atoms with Crippen LogP contribution in [0.3, 0.4) is 0 Å². The summed E-state index contributed by atoms with van der Waals surface area (Å²) in [6, 6.07) is 0. The van der Waals surface area contributed by atoms with Crippen LogP contribution in [0.15, 0.2) is 12.3 Å². The maximum atomic E-state index is 5.00. The van der Waals surface area contributed by atoms with Gasteiger partial charge in [0, 0.05) is 12.2 Å². The first-order chi connectivity index (χ1) is 15.9. The Bertz CT molecular complexity index is 589. The van der Waals surface area contributed by atoms with Crippen molar-refractivity contribution in [3.05, 3.63) is 12.3 Å². The van der Waals surface area contributed by atoms with Gasteiger partial charge >= 0.3 is 0 Å². The number of hydrogen-bond donors (Lipinski definition) is 3. The molecule has 9 atom stereocenters. The lowest BCUT2D eigenvalue weighted by atomic mass is 9.44. The third-order valence-corrected chi connectivity index (χ3v) is 10.5. The topological polar surface area (TPSA) is 59.7 Å². The molecule has 3 N–H and O–H groups in total. The average Bonchev–Trinajstić information content (AvgIpc) is 2.84. The Hall–Kier alpha value is -0.860. The van der Waals surface area contributed by atoms with Crippen molar-refractivity contribution in [2.75, 3.05) is 6.54 Å². The van der Waals surface area contributed by atoms with Crippen LogP contribution in [0, 0.1) is 63.8 Å². The highest BCUT2D eigenvalue weighted by molar-refractivity contribution is 5.05. The summed E-state index contributed by atoms with van der Waals surface area (Å²) < 4.78 is 0. The molecule has 192 valence electrons. The predicted octanol–water partition coefficient (Wildman–Crippen LogP) is 9.44. The van der Waals surface area contributed by atoms with Crippen LogP contribution in [0.25, 0.3) is 0 Å². The molecule has 0 heterocycles. The fourth-order valence-electron chi connectivity index (χ4n) is 9.27. The van der Waals surface area contributed by atoms with E-state index in [4.69, 9.17) is 11.1 Å². The van der Waals surface area contributed by atoms with E-state index in [1.165, 1.54) is 38.5 Å². The second-order valence-corrected chi connectivity index (χ2v) is 12.1. The van der Waals surface area contributed by atoms with E-state index in [9.17, 15) is 0 Å². The summed E-state index contributed by atoms with van der Waals surface area (Å²) in [7, 11) is 0. The van der Waals surface area contributed by atoms with Gasteiger partial charge < -0.3 is 5.32 Å². The van der Waals surface area contributed by atoms with Gasteiger partial charge in [0.2, 0.25) is 0 Å². The summed E-state index contributed by atoms with van der Waals surface area (Å²) in [5.74, 6) is 8.08. The zero-order chi connectivity index (χ0) is 24.6. The lowest BCUT2D eigenvalue weighted by molar-refractivity contribution is -0.120. The Balaban J connectivity index is 0.000000914. The van der Waals surface area contributed by atoms with Crippen molar-refractivity contribution in [3.8, 4) is 0 Å². The highest BCUT2D eigenvalue weighted by Crippen LogP contribution is 2.64. The van der Waals surface area contributed by atoms with Crippen molar-refractivity contribution >= 4 is 0 Å². The zero-order valence-electron chi connectivity index (χ0n) is 23.0. The number of rotatable bonds is 6. The molecule has 0 spiro atoms. The van der Waals surface area contributed by atoms with Gasteiger partial charge in [-0.25, -0.2) is 11.1 Å².